The van der Waals surface area contributed by atoms with Gasteiger partial charge in [-0.15, -0.1) is 0 Å². The van der Waals surface area contributed by atoms with E-state index in [-0.39, 0.29) is 0 Å². The first-order valence-corrected chi connectivity index (χ1v) is 6.66. The first-order chi connectivity index (χ1) is 8.15. The van der Waals surface area contributed by atoms with Crippen LogP contribution in [0.4, 0.5) is 0 Å². The molecule has 1 saturated heterocycles. The summed E-state index contributed by atoms with van der Waals surface area (Å²) in [6, 6.07) is 8.14. The van der Waals surface area contributed by atoms with Gasteiger partial charge in [0.25, 0.3) is 0 Å². The lowest BCUT2D eigenvalue weighted by molar-refractivity contribution is 0.182. The first kappa shape index (κ1) is 12.9. The Labute approximate surface area is 109 Å². The predicted octanol–water partition coefficient (Wildman–Crippen LogP) is 2.63. The summed E-state index contributed by atoms with van der Waals surface area (Å²) in [6.07, 6.45) is 0. The van der Waals surface area contributed by atoms with Gasteiger partial charge in [-0.1, -0.05) is 30.7 Å². The molecule has 1 fully saturated rings. The van der Waals surface area contributed by atoms with Crippen molar-refractivity contribution in [2.45, 2.75) is 13.5 Å². The van der Waals surface area contributed by atoms with Crippen LogP contribution in [0.1, 0.15) is 12.5 Å². The van der Waals surface area contributed by atoms with E-state index in [4.69, 9.17) is 11.6 Å². The lowest BCUT2D eigenvalue weighted by Gasteiger charge is -2.34. The number of nitrogens with zero attached hydrogens (tertiary/aromatic N) is 1. The molecule has 1 aliphatic heterocycles. The summed E-state index contributed by atoms with van der Waals surface area (Å²) in [4.78, 5) is 2.40. The number of nitrogens with one attached hydrogen (secondary N) is 1. The van der Waals surface area contributed by atoms with Crippen molar-refractivity contribution in [1.82, 2.24) is 10.2 Å². The Hall–Kier alpha value is -0.570. The highest BCUT2D eigenvalue weighted by Crippen LogP contribution is 2.18. The van der Waals surface area contributed by atoms with E-state index in [1.54, 1.807) is 0 Å². The van der Waals surface area contributed by atoms with Crippen LogP contribution < -0.4 is 5.32 Å². The highest BCUT2D eigenvalue weighted by atomic mass is 35.5. The molecule has 2 nitrogen and oxygen atoms in total. The topological polar surface area (TPSA) is 15.3 Å². The van der Waals surface area contributed by atoms with Crippen LogP contribution in [0.25, 0.3) is 0 Å². The van der Waals surface area contributed by atoms with Gasteiger partial charge in [-0.05, 0) is 49.7 Å². The van der Waals surface area contributed by atoms with Crippen LogP contribution in [0.5, 0.6) is 0 Å². The molecule has 1 atom stereocenters. The molecular formula is C14H21ClN2. The van der Waals surface area contributed by atoms with E-state index in [9.17, 15) is 0 Å². The SMILES string of the molecule is CC(CN(C)Cc1ccc(Cl)cc1)C1CNC1. The molecular weight excluding hydrogens is 232 g/mol. The van der Waals surface area contributed by atoms with Crippen molar-refractivity contribution in [3.63, 3.8) is 0 Å². The number of halogens is 1. The first-order valence-electron chi connectivity index (χ1n) is 6.29. The van der Waals surface area contributed by atoms with Gasteiger partial charge in [-0.3, -0.25) is 0 Å². The zero-order valence-electron chi connectivity index (χ0n) is 10.6. The predicted molar refractivity (Wildman–Crippen MR) is 73.3 cm³/mol. The minimum absolute atomic E-state index is 0.772. The zero-order chi connectivity index (χ0) is 12.3. The molecule has 0 bridgehead atoms. The maximum absolute atomic E-state index is 5.88. The molecule has 1 heterocycles. The van der Waals surface area contributed by atoms with Crippen molar-refractivity contribution in [3.05, 3.63) is 34.9 Å². The van der Waals surface area contributed by atoms with Gasteiger partial charge in [0.15, 0.2) is 0 Å². The van der Waals surface area contributed by atoms with E-state index in [0.29, 0.717) is 0 Å². The Morgan fingerprint density at radius 1 is 1.35 bits per heavy atom. The van der Waals surface area contributed by atoms with Crippen LogP contribution in [-0.2, 0) is 6.54 Å². The smallest absolute Gasteiger partial charge is 0.0406 e. The molecule has 2 rings (SSSR count). The third-order valence-electron chi connectivity index (χ3n) is 3.58. The standard InChI is InChI=1S/C14H21ClN2/c1-11(13-7-16-8-13)9-17(2)10-12-3-5-14(15)6-4-12/h3-6,11,13,16H,7-10H2,1-2H3. The Balaban J connectivity index is 1.79. The van der Waals surface area contributed by atoms with Gasteiger partial charge in [-0.25, -0.2) is 0 Å². The third-order valence-corrected chi connectivity index (χ3v) is 3.84. The molecule has 1 aliphatic rings. The van der Waals surface area contributed by atoms with E-state index >= 15 is 0 Å². The summed E-state index contributed by atoms with van der Waals surface area (Å²) in [6.45, 7) is 6.90. The van der Waals surface area contributed by atoms with Gasteiger partial charge in [0.05, 0.1) is 0 Å². The van der Waals surface area contributed by atoms with E-state index < -0.39 is 0 Å². The molecule has 0 radical (unpaired) electrons. The van der Waals surface area contributed by atoms with Gasteiger partial charge < -0.3 is 10.2 Å². The molecule has 3 heteroatoms. The Kier molecular flexibility index (Phi) is 4.43. The second kappa shape index (κ2) is 5.85. The lowest BCUT2D eigenvalue weighted by Crippen LogP contribution is -2.47. The van der Waals surface area contributed by atoms with Gasteiger partial charge in [0.2, 0.25) is 0 Å². The quantitative estimate of drug-likeness (QED) is 0.867. The second-order valence-corrected chi connectivity index (χ2v) is 5.66. The summed E-state index contributed by atoms with van der Waals surface area (Å²) in [5, 5.41) is 4.15. The summed E-state index contributed by atoms with van der Waals surface area (Å²) in [5.74, 6) is 1.64. The third kappa shape index (κ3) is 3.70. The van der Waals surface area contributed by atoms with E-state index in [1.165, 1.54) is 18.7 Å². The van der Waals surface area contributed by atoms with E-state index in [0.717, 1.165) is 29.9 Å². The summed E-state index contributed by atoms with van der Waals surface area (Å²) in [5.41, 5.74) is 1.33. The van der Waals surface area contributed by atoms with E-state index in [2.05, 4.69) is 36.3 Å². The highest BCUT2D eigenvalue weighted by molar-refractivity contribution is 6.30. The number of hydrogen-bond acceptors (Lipinski definition) is 2. The molecule has 17 heavy (non-hydrogen) atoms. The molecule has 94 valence electrons. The van der Waals surface area contributed by atoms with Crippen LogP contribution in [0.2, 0.25) is 5.02 Å². The number of rotatable bonds is 5. The van der Waals surface area contributed by atoms with Crippen molar-refractivity contribution in [3.8, 4) is 0 Å². The van der Waals surface area contributed by atoms with Crippen LogP contribution in [0.15, 0.2) is 24.3 Å². The van der Waals surface area contributed by atoms with Crippen molar-refractivity contribution in [2.75, 3.05) is 26.7 Å². The molecule has 0 saturated carbocycles. The Morgan fingerprint density at radius 2 is 2.00 bits per heavy atom. The van der Waals surface area contributed by atoms with Crippen LogP contribution in [-0.4, -0.2) is 31.6 Å². The van der Waals surface area contributed by atoms with Crippen molar-refractivity contribution in [2.24, 2.45) is 11.8 Å². The normalized spacial score (nSPS) is 18.1. The zero-order valence-corrected chi connectivity index (χ0v) is 11.4. The maximum Gasteiger partial charge on any atom is 0.0406 e. The van der Waals surface area contributed by atoms with E-state index in [1.807, 2.05) is 12.1 Å². The van der Waals surface area contributed by atoms with Crippen molar-refractivity contribution in [1.29, 1.82) is 0 Å². The summed E-state index contributed by atoms with van der Waals surface area (Å²) in [7, 11) is 2.19. The molecule has 0 amide bonds. The fourth-order valence-electron chi connectivity index (χ4n) is 2.32. The molecule has 1 N–H and O–H groups in total. The fourth-order valence-corrected chi connectivity index (χ4v) is 2.45. The maximum atomic E-state index is 5.88. The largest absolute Gasteiger partial charge is 0.316 e. The fraction of sp³-hybridized carbons (Fsp3) is 0.571. The van der Waals surface area contributed by atoms with Crippen LogP contribution in [0, 0.1) is 11.8 Å². The number of benzene rings is 1. The average molecular weight is 253 g/mol. The number of hydrogen-bond donors (Lipinski definition) is 1. The van der Waals surface area contributed by atoms with Gasteiger partial charge in [0.1, 0.15) is 0 Å². The lowest BCUT2D eigenvalue weighted by atomic mass is 9.88. The van der Waals surface area contributed by atoms with Crippen LogP contribution in [0.3, 0.4) is 0 Å². The van der Waals surface area contributed by atoms with Crippen molar-refractivity contribution >= 4 is 11.6 Å². The summed E-state index contributed by atoms with van der Waals surface area (Å²) < 4.78 is 0. The van der Waals surface area contributed by atoms with Crippen LogP contribution >= 0.6 is 11.6 Å². The van der Waals surface area contributed by atoms with Crippen molar-refractivity contribution < 1.29 is 0 Å². The summed E-state index contributed by atoms with van der Waals surface area (Å²) >= 11 is 5.88. The van der Waals surface area contributed by atoms with Gasteiger partial charge >= 0.3 is 0 Å². The minimum atomic E-state index is 0.772. The van der Waals surface area contributed by atoms with Gasteiger partial charge in [-0.2, -0.15) is 0 Å². The molecule has 1 aromatic carbocycles. The average Bonchev–Trinajstić information content (AvgIpc) is 2.18. The molecule has 0 aromatic heterocycles. The second-order valence-electron chi connectivity index (χ2n) is 5.22. The molecule has 0 spiro atoms. The minimum Gasteiger partial charge on any atom is -0.316 e. The highest BCUT2D eigenvalue weighted by Gasteiger charge is 2.24. The Bertz CT molecular complexity index is 346. The molecule has 0 aliphatic carbocycles. The van der Waals surface area contributed by atoms with Gasteiger partial charge in [0, 0.05) is 18.1 Å². The molecule has 1 aromatic rings. The molecule has 1 unspecified atom stereocenters. The monoisotopic (exact) mass is 252 g/mol. The Morgan fingerprint density at radius 3 is 2.53 bits per heavy atom.